The third-order valence-electron chi connectivity index (χ3n) is 3.13. The van der Waals surface area contributed by atoms with Gasteiger partial charge in [0.25, 0.3) is 0 Å². The van der Waals surface area contributed by atoms with Crippen molar-refractivity contribution in [2.75, 3.05) is 13.6 Å². The fraction of sp³-hybridized carbons (Fsp3) is 0.333. The molecule has 0 aliphatic heterocycles. The number of benzene rings is 1. The number of fused-ring (bicyclic) bond motifs is 1. The van der Waals surface area contributed by atoms with Crippen molar-refractivity contribution in [3.8, 4) is 0 Å². The minimum absolute atomic E-state index is 0.239. The fourth-order valence-electron chi connectivity index (χ4n) is 2.21. The third-order valence-corrected chi connectivity index (χ3v) is 3.13. The smallest absolute Gasteiger partial charge is 0.0918 e. The Hall–Kier alpha value is -1.94. The maximum absolute atomic E-state index is 7.27. The number of amidine groups is 1. The van der Waals surface area contributed by atoms with Crippen molar-refractivity contribution >= 4 is 16.7 Å². The Morgan fingerprint density at radius 2 is 2.11 bits per heavy atom. The van der Waals surface area contributed by atoms with Gasteiger partial charge in [-0.1, -0.05) is 18.2 Å². The summed E-state index contributed by atoms with van der Waals surface area (Å²) in [6, 6.07) is 10.3. The van der Waals surface area contributed by atoms with Crippen LogP contribution in [0.25, 0.3) is 10.9 Å². The summed E-state index contributed by atoms with van der Waals surface area (Å²) < 4.78 is 0. The number of hydrogen-bond donors (Lipinski definition) is 2. The minimum Gasteiger partial charge on any atom is -0.388 e. The third kappa shape index (κ3) is 3.51. The molecule has 0 amide bonds. The molecule has 2 aromatic rings. The van der Waals surface area contributed by atoms with Gasteiger partial charge in [-0.25, -0.2) is 0 Å². The van der Waals surface area contributed by atoms with E-state index < -0.39 is 0 Å². The Morgan fingerprint density at radius 1 is 1.37 bits per heavy atom. The van der Waals surface area contributed by atoms with Crippen LogP contribution in [-0.2, 0) is 6.54 Å². The van der Waals surface area contributed by atoms with Crippen LogP contribution in [0.4, 0.5) is 0 Å². The second-order valence-electron chi connectivity index (χ2n) is 4.95. The van der Waals surface area contributed by atoms with Gasteiger partial charge in [-0.2, -0.15) is 0 Å². The van der Waals surface area contributed by atoms with Crippen molar-refractivity contribution in [1.29, 1.82) is 5.41 Å². The van der Waals surface area contributed by atoms with Crippen LogP contribution in [0, 0.1) is 12.3 Å². The largest absolute Gasteiger partial charge is 0.388 e. The molecule has 0 atom stereocenters. The number of aryl methyl sites for hydroxylation is 1. The Kier molecular flexibility index (Phi) is 4.12. The van der Waals surface area contributed by atoms with E-state index in [1.54, 1.807) is 0 Å². The topological polar surface area (TPSA) is 66.0 Å². The van der Waals surface area contributed by atoms with E-state index in [0.29, 0.717) is 6.42 Å². The molecular weight excluding hydrogens is 236 g/mol. The molecule has 0 saturated heterocycles. The van der Waals surface area contributed by atoms with Crippen molar-refractivity contribution in [3.05, 3.63) is 41.6 Å². The summed E-state index contributed by atoms with van der Waals surface area (Å²) in [6.07, 6.45) is 0.610. The van der Waals surface area contributed by atoms with Crippen molar-refractivity contribution in [2.24, 2.45) is 5.73 Å². The van der Waals surface area contributed by atoms with Crippen molar-refractivity contribution in [3.63, 3.8) is 0 Å². The van der Waals surface area contributed by atoms with Crippen molar-refractivity contribution in [2.45, 2.75) is 19.9 Å². The zero-order chi connectivity index (χ0) is 13.8. The van der Waals surface area contributed by atoms with Crippen LogP contribution >= 0.6 is 0 Å². The molecule has 4 heteroatoms. The van der Waals surface area contributed by atoms with Gasteiger partial charge in [0.05, 0.1) is 11.4 Å². The van der Waals surface area contributed by atoms with Gasteiger partial charge < -0.3 is 10.6 Å². The van der Waals surface area contributed by atoms with Crippen molar-refractivity contribution < 1.29 is 0 Å². The lowest BCUT2D eigenvalue weighted by Crippen LogP contribution is -2.24. The Balaban J connectivity index is 2.22. The molecule has 1 aromatic heterocycles. The van der Waals surface area contributed by atoms with Gasteiger partial charge in [0.2, 0.25) is 0 Å². The molecule has 0 bridgehead atoms. The molecule has 100 valence electrons. The van der Waals surface area contributed by atoms with E-state index in [2.05, 4.69) is 22.0 Å². The van der Waals surface area contributed by atoms with Crippen LogP contribution < -0.4 is 5.73 Å². The second-order valence-corrected chi connectivity index (χ2v) is 4.95. The Bertz CT molecular complexity index is 592. The van der Waals surface area contributed by atoms with E-state index in [-0.39, 0.29) is 5.84 Å². The molecule has 2 rings (SSSR count). The molecule has 3 N–H and O–H groups in total. The molecule has 1 heterocycles. The van der Waals surface area contributed by atoms with Gasteiger partial charge in [0.1, 0.15) is 0 Å². The Labute approximate surface area is 113 Å². The number of aromatic nitrogens is 1. The van der Waals surface area contributed by atoms with Crippen LogP contribution in [-0.4, -0.2) is 29.3 Å². The first kappa shape index (κ1) is 13.5. The highest BCUT2D eigenvalue weighted by molar-refractivity contribution is 5.82. The van der Waals surface area contributed by atoms with E-state index in [1.807, 2.05) is 32.2 Å². The lowest BCUT2D eigenvalue weighted by atomic mass is 10.1. The summed E-state index contributed by atoms with van der Waals surface area (Å²) in [5.41, 5.74) is 8.74. The van der Waals surface area contributed by atoms with E-state index in [1.165, 1.54) is 10.9 Å². The van der Waals surface area contributed by atoms with Crippen LogP contribution in [0.2, 0.25) is 0 Å². The summed E-state index contributed by atoms with van der Waals surface area (Å²) in [5.74, 6) is 0.239. The van der Waals surface area contributed by atoms with E-state index in [0.717, 1.165) is 24.3 Å². The molecule has 1 aromatic carbocycles. The van der Waals surface area contributed by atoms with Gasteiger partial charge in [0, 0.05) is 30.6 Å². The lowest BCUT2D eigenvalue weighted by molar-refractivity contribution is 0.337. The van der Waals surface area contributed by atoms with Gasteiger partial charge in [-0.15, -0.1) is 0 Å². The molecule has 19 heavy (non-hydrogen) atoms. The predicted molar refractivity (Wildman–Crippen MR) is 79.3 cm³/mol. The fourth-order valence-corrected chi connectivity index (χ4v) is 2.21. The highest BCUT2D eigenvalue weighted by Crippen LogP contribution is 2.19. The number of hydrogen-bond acceptors (Lipinski definition) is 3. The van der Waals surface area contributed by atoms with E-state index >= 15 is 0 Å². The number of nitrogens with zero attached hydrogens (tertiary/aromatic N) is 2. The van der Waals surface area contributed by atoms with Gasteiger partial charge in [-0.05, 0) is 31.7 Å². The summed E-state index contributed by atoms with van der Waals surface area (Å²) in [4.78, 5) is 6.73. The average molecular weight is 256 g/mol. The predicted octanol–water partition coefficient (Wildman–Crippen LogP) is 2.30. The molecule has 4 nitrogen and oxygen atoms in total. The van der Waals surface area contributed by atoms with E-state index in [9.17, 15) is 0 Å². The summed E-state index contributed by atoms with van der Waals surface area (Å²) in [7, 11) is 2.05. The molecular formula is C15H20N4. The van der Waals surface area contributed by atoms with Crippen LogP contribution in [0.15, 0.2) is 30.3 Å². The van der Waals surface area contributed by atoms with Gasteiger partial charge in [0.15, 0.2) is 0 Å². The van der Waals surface area contributed by atoms with Gasteiger partial charge in [-0.3, -0.25) is 10.4 Å². The number of rotatable bonds is 5. The standard InChI is InChI=1S/C15H20N4/c1-11-9-12(10-19(2)8-7-15(16)17)13-5-3-4-6-14(13)18-11/h3-6,9H,7-8,10H2,1-2H3,(H3,16,17). The van der Waals surface area contributed by atoms with E-state index in [4.69, 9.17) is 11.1 Å². The minimum atomic E-state index is 0.239. The number of nitrogens with one attached hydrogen (secondary N) is 1. The lowest BCUT2D eigenvalue weighted by Gasteiger charge is -2.17. The van der Waals surface area contributed by atoms with Crippen LogP contribution in [0.1, 0.15) is 17.7 Å². The number of para-hydroxylation sites is 1. The normalized spacial score (nSPS) is 11.1. The zero-order valence-electron chi connectivity index (χ0n) is 11.5. The highest BCUT2D eigenvalue weighted by atomic mass is 15.1. The average Bonchev–Trinajstić information content (AvgIpc) is 2.36. The van der Waals surface area contributed by atoms with Crippen LogP contribution in [0.3, 0.4) is 0 Å². The highest BCUT2D eigenvalue weighted by Gasteiger charge is 2.07. The zero-order valence-corrected chi connectivity index (χ0v) is 11.5. The summed E-state index contributed by atoms with van der Waals surface area (Å²) in [6.45, 7) is 3.66. The first-order chi connectivity index (χ1) is 9.06. The molecule has 0 spiro atoms. The SMILES string of the molecule is Cc1cc(CN(C)CCC(=N)N)c2ccccc2n1. The van der Waals surface area contributed by atoms with Gasteiger partial charge >= 0.3 is 0 Å². The molecule has 0 radical (unpaired) electrons. The first-order valence-electron chi connectivity index (χ1n) is 6.43. The monoisotopic (exact) mass is 256 g/mol. The summed E-state index contributed by atoms with van der Waals surface area (Å²) in [5, 5.41) is 8.47. The second kappa shape index (κ2) is 5.80. The molecule has 0 aliphatic carbocycles. The molecule has 0 fully saturated rings. The molecule has 0 saturated carbocycles. The maximum Gasteiger partial charge on any atom is 0.0918 e. The Morgan fingerprint density at radius 3 is 2.84 bits per heavy atom. The molecule has 0 unspecified atom stereocenters. The first-order valence-corrected chi connectivity index (χ1v) is 6.43. The number of pyridine rings is 1. The van der Waals surface area contributed by atoms with Crippen LogP contribution in [0.5, 0.6) is 0 Å². The number of nitrogens with two attached hydrogens (primary N) is 1. The summed E-state index contributed by atoms with van der Waals surface area (Å²) >= 11 is 0. The van der Waals surface area contributed by atoms with Crippen molar-refractivity contribution in [1.82, 2.24) is 9.88 Å². The quantitative estimate of drug-likeness (QED) is 0.637. The maximum atomic E-state index is 7.27. The molecule has 0 aliphatic rings.